The molecule has 2 aromatic rings. The molecule has 0 unspecified atom stereocenters. The van der Waals surface area contributed by atoms with Gasteiger partial charge >= 0.3 is 6.18 Å². The van der Waals surface area contributed by atoms with Crippen LogP contribution in [-0.4, -0.2) is 40.9 Å². The van der Waals surface area contributed by atoms with Gasteiger partial charge in [-0.05, 0) is 17.8 Å². The minimum Gasteiger partial charge on any atom is -0.493 e. The minimum absolute atomic E-state index is 0.140. The second-order valence-corrected chi connectivity index (χ2v) is 6.99. The van der Waals surface area contributed by atoms with E-state index in [0.29, 0.717) is 27.8 Å². The first kappa shape index (κ1) is 17.2. The third-order valence-electron chi connectivity index (χ3n) is 3.16. The van der Waals surface area contributed by atoms with Crippen molar-refractivity contribution < 1.29 is 22.6 Å². The van der Waals surface area contributed by atoms with Crippen molar-refractivity contribution in [1.82, 2.24) is 9.97 Å². The van der Waals surface area contributed by atoms with E-state index in [2.05, 4.69) is 15.0 Å². The Labute approximate surface area is 144 Å². The zero-order valence-corrected chi connectivity index (χ0v) is 14.3. The molecule has 10 heteroatoms. The van der Waals surface area contributed by atoms with Crippen LogP contribution in [0.2, 0.25) is 0 Å². The Morgan fingerprint density at radius 1 is 1.12 bits per heavy atom. The van der Waals surface area contributed by atoms with Crippen LogP contribution in [0.25, 0.3) is 10.9 Å². The Balaban J connectivity index is 2.20. The lowest BCUT2D eigenvalue weighted by Gasteiger charge is -2.13. The Morgan fingerprint density at radius 3 is 2.42 bits per heavy atom. The van der Waals surface area contributed by atoms with E-state index >= 15 is 0 Å². The second-order valence-electron chi connectivity index (χ2n) is 4.67. The lowest BCUT2D eigenvalue weighted by atomic mass is 10.2. The van der Waals surface area contributed by atoms with E-state index in [0.717, 1.165) is 17.5 Å². The summed E-state index contributed by atoms with van der Waals surface area (Å²) >= 11 is 2.60. The van der Waals surface area contributed by atoms with Gasteiger partial charge in [-0.2, -0.15) is 13.2 Å². The van der Waals surface area contributed by atoms with Crippen molar-refractivity contribution in [1.29, 1.82) is 0 Å². The molecule has 0 N–H and O–H groups in total. The van der Waals surface area contributed by atoms with Crippen molar-refractivity contribution in [3.8, 4) is 11.5 Å². The van der Waals surface area contributed by atoms with Gasteiger partial charge in [0.2, 0.25) is 5.82 Å². The van der Waals surface area contributed by atoms with Crippen molar-refractivity contribution in [2.24, 2.45) is 4.99 Å². The number of rotatable bonds is 3. The summed E-state index contributed by atoms with van der Waals surface area (Å²) in [4.78, 5) is 11.6. The molecule has 1 aliphatic rings. The van der Waals surface area contributed by atoms with Crippen LogP contribution in [0, 0.1) is 0 Å². The number of alkyl halides is 3. The van der Waals surface area contributed by atoms with Crippen LogP contribution in [0.1, 0.15) is 5.82 Å². The van der Waals surface area contributed by atoms with E-state index in [1.165, 1.54) is 32.0 Å². The monoisotopic (exact) mass is 375 g/mol. The molecule has 0 bridgehead atoms. The van der Waals surface area contributed by atoms with Crippen LogP contribution in [0.15, 0.2) is 22.2 Å². The van der Waals surface area contributed by atoms with Gasteiger partial charge in [-0.3, -0.25) is 4.99 Å². The molecule has 2 heterocycles. The number of ether oxygens (including phenoxy) is 2. The summed E-state index contributed by atoms with van der Waals surface area (Å²) in [5, 5.41) is 0.655. The molecular weight excluding hydrogens is 363 g/mol. The molecule has 24 heavy (non-hydrogen) atoms. The molecule has 0 fully saturated rings. The summed E-state index contributed by atoms with van der Waals surface area (Å²) < 4.78 is 50.4. The number of thioether (sulfide) groups is 2. The average molecular weight is 375 g/mol. The summed E-state index contributed by atoms with van der Waals surface area (Å²) in [6.45, 7) is 0.652. The minimum atomic E-state index is -4.64. The molecule has 1 aromatic heterocycles. The summed E-state index contributed by atoms with van der Waals surface area (Å²) in [5.74, 6) is 0.333. The topological polar surface area (TPSA) is 56.6 Å². The fourth-order valence-electron chi connectivity index (χ4n) is 2.09. The van der Waals surface area contributed by atoms with E-state index in [4.69, 9.17) is 9.47 Å². The number of aliphatic imine (C=N–C) groups is 1. The van der Waals surface area contributed by atoms with Crippen LogP contribution in [0.5, 0.6) is 11.5 Å². The largest absolute Gasteiger partial charge is 0.493 e. The first-order valence-corrected chi connectivity index (χ1v) is 8.58. The van der Waals surface area contributed by atoms with Gasteiger partial charge < -0.3 is 9.47 Å². The van der Waals surface area contributed by atoms with Gasteiger partial charge in [-0.1, -0.05) is 11.8 Å². The molecule has 0 radical (unpaired) electrons. The molecule has 5 nitrogen and oxygen atoms in total. The van der Waals surface area contributed by atoms with Gasteiger partial charge in [0, 0.05) is 17.2 Å². The zero-order chi connectivity index (χ0) is 17.3. The lowest BCUT2D eigenvalue weighted by Crippen LogP contribution is -2.12. The molecule has 0 aliphatic carbocycles. The Kier molecular flexibility index (Phi) is 4.77. The van der Waals surface area contributed by atoms with Crippen LogP contribution < -0.4 is 9.47 Å². The van der Waals surface area contributed by atoms with Gasteiger partial charge in [-0.15, -0.1) is 0 Å². The Morgan fingerprint density at radius 2 is 1.83 bits per heavy atom. The van der Waals surface area contributed by atoms with E-state index in [1.807, 2.05) is 0 Å². The highest BCUT2D eigenvalue weighted by molar-refractivity contribution is 8.39. The number of benzene rings is 1. The molecule has 0 saturated heterocycles. The molecule has 0 atom stereocenters. The molecule has 128 valence electrons. The summed E-state index contributed by atoms with van der Waals surface area (Å²) in [6, 6.07) is 3.00. The third kappa shape index (κ3) is 3.39. The highest BCUT2D eigenvalue weighted by Crippen LogP contribution is 2.39. The number of fused-ring (bicyclic) bond motifs is 1. The first-order valence-electron chi connectivity index (χ1n) is 6.78. The third-order valence-corrected chi connectivity index (χ3v) is 5.34. The van der Waals surface area contributed by atoms with Crippen molar-refractivity contribution in [2.75, 3.05) is 26.5 Å². The normalized spacial score (nSPS) is 14.8. The van der Waals surface area contributed by atoms with Crippen LogP contribution in [-0.2, 0) is 6.18 Å². The van der Waals surface area contributed by atoms with E-state index in [-0.39, 0.29) is 10.5 Å². The number of aromatic nitrogens is 2. The molecule has 3 rings (SSSR count). The first-order chi connectivity index (χ1) is 11.4. The summed E-state index contributed by atoms with van der Waals surface area (Å²) in [5.41, 5.74) is 0.140. The van der Waals surface area contributed by atoms with Gasteiger partial charge in [0.15, 0.2) is 11.5 Å². The molecule has 0 saturated carbocycles. The van der Waals surface area contributed by atoms with Gasteiger partial charge in [-0.25, -0.2) is 9.97 Å². The average Bonchev–Trinajstić information content (AvgIpc) is 3.05. The van der Waals surface area contributed by atoms with E-state index < -0.39 is 12.0 Å². The maximum absolute atomic E-state index is 13.1. The number of hydrogen-bond acceptors (Lipinski definition) is 7. The highest BCUT2D eigenvalue weighted by Gasteiger charge is 2.36. The Hall–Kier alpha value is -1.68. The van der Waals surface area contributed by atoms with Crippen molar-refractivity contribution in [3.05, 3.63) is 18.0 Å². The van der Waals surface area contributed by atoms with Crippen LogP contribution >= 0.6 is 23.5 Å². The van der Waals surface area contributed by atoms with Crippen LogP contribution in [0.4, 0.5) is 13.2 Å². The molecular formula is C14H12F3N3O2S2. The van der Waals surface area contributed by atoms with Crippen molar-refractivity contribution in [3.63, 3.8) is 0 Å². The fraction of sp³-hybridized carbons (Fsp3) is 0.357. The smallest absolute Gasteiger partial charge is 0.451 e. The second kappa shape index (κ2) is 6.67. The predicted octanol–water partition coefficient (Wildman–Crippen LogP) is 3.86. The highest BCUT2D eigenvalue weighted by atomic mass is 32.2. The quantitative estimate of drug-likeness (QED) is 0.760. The summed E-state index contributed by atoms with van der Waals surface area (Å²) in [6.07, 6.45) is -4.64. The Bertz CT molecular complexity index is 812. The molecule has 1 aromatic carbocycles. The molecule has 1 aliphatic heterocycles. The number of methoxy groups -OCH3 is 2. The predicted molar refractivity (Wildman–Crippen MR) is 88.3 cm³/mol. The zero-order valence-electron chi connectivity index (χ0n) is 12.7. The molecule has 0 amide bonds. The summed E-state index contributed by atoms with van der Waals surface area (Å²) in [7, 11) is 2.87. The maximum Gasteiger partial charge on any atom is 0.451 e. The fourth-order valence-corrected chi connectivity index (χ4v) is 4.08. The van der Waals surface area contributed by atoms with Crippen LogP contribution in [0.3, 0.4) is 0 Å². The van der Waals surface area contributed by atoms with Crippen molar-refractivity contribution >= 4 is 38.8 Å². The van der Waals surface area contributed by atoms with E-state index in [1.54, 1.807) is 6.07 Å². The van der Waals surface area contributed by atoms with E-state index in [9.17, 15) is 13.2 Å². The van der Waals surface area contributed by atoms with Gasteiger partial charge in [0.05, 0.1) is 26.3 Å². The van der Waals surface area contributed by atoms with Gasteiger partial charge in [0.25, 0.3) is 0 Å². The number of halogens is 3. The molecule has 0 spiro atoms. The SMILES string of the molecule is COc1cc2nc(C(F)(F)F)nc(SC3=NCCS3)c2cc1OC. The lowest BCUT2D eigenvalue weighted by molar-refractivity contribution is -0.145. The number of hydrogen-bond donors (Lipinski definition) is 0. The maximum atomic E-state index is 13.1. The van der Waals surface area contributed by atoms with Crippen molar-refractivity contribution in [2.45, 2.75) is 11.2 Å². The standard InChI is InChI=1S/C14H12F3N3O2S2/c1-21-9-5-7-8(6-10(9)22-2)19-12(14(15,16)17)20-11(7)24-13-18-3-4-23-13/h5-6H,3-4H2,1-2H3. The number of nitrogens with zero attached hydrogens (tertiary/aromatic N) is 3. The van der Waals surface area contributed by atoms with Gasteiger partial charge in [0.1, 0.15) is 9.40 Å².